The number of rotatable bonds is 3. The topological polar surface area (TPSA) is 72.3 Å². The van der Waals surface area contributed by atoms with Gasteiger partial charge in [-0.25, -0.2) is 17.8 Å². The van der Waals surface area contributed by atoms with E-state index in [2.05, 4.69) is 4.98 Å². The number of hydrogen-bond donors (Lipinski definition) is 0. The van der Waals surface area contributed by atoms with E-state index < -0.39 is 20.9 Å². The zero-order chi connectivity index (χ0) is 19.7. The lowest BCUT2D eigenvalue weighted by atomic mass is 10.1. The number of para-hydroxylation sites is 2. The minimum Gasteiger partial charge on any atom is -0.340 e. The molecule has 0 bridgehead atoms. The number of imidazole rings is 1. The van der Waals surface area contributed by atoms with Gasteiger partial charge in [0, 0.05) is 18.7 Å². The third-order valence-electron chi connectivity index (χ3n) is 5.18. The second kappa shape index (κ2) is 7.35. The lowest BCUT2D eigenvalue weighted by Gasteiger charge is -2.20. The van der Waals surface area contributed by atoms with Crippen LogP contribution in [0.1, 0.15) is 17.2 Å². The van der Waals surface area contributed by atoms with Crippen LogP contribution in [-0.4, -0.2) is 47.6 Å². The molecule has 1 amide bonds. The van der Waals surface area contributed by atoms with Crippen LogP contribution in [0, 0.1) is 5.82 Å². The van der Waals surface area contributed by atoms with E-state index in [9.17, 15) is 17.6 Å². The van der Waals surface area contributed by atoms with Crippen molar-refractivity contribution in [1.29, 1.82) is 0 Å². The molecule has 1 fully saturated rings. The van der Waals surface area contributed by atoms with Crippen LogP contribution < -0.4 is 0 Å². The smallest absolute Gasteiger partial charge is 0.242 e. The number of halogens is 1. The molecule has 28 heavy (non-hydrogen) atoms. The van der Waals surface area contributed by atoms with Crippen LogP contribution in [-0.2, 0) is 21.2 Å². The van der Waals surface area contributed by atoms with Crippen LogP contribution in [0.5, 0.6) is 0 Å². The first-order chi connectivity index (χ1) is 13.5. The van der Waals surface area contributed by atoms with Gasteiger partial charge in [-0.15, -0.1) is 0 Å². The first-order valence-corrected chi connectivity index (χ1v) is 10.8. The Bertz CT molecular complexity index is 1130. The maximum atomic E-state index is 14.2. The maximum Gasteiger partial charge on any atom is 0.242 e. The molecule has 3 aromatic rings. The van der Waals surface area contributed by atoms with Gasteiger partial charge in [0.1, 0.15) is 12.4 Å². The summed E-state index contributed by atoms with van der Waals surface area (Å²) in [4.78, 5) is 18.6. The lowest BCUT2D eigenvalue weighted by Crippen LogP contribution is -2.36. The Balaban J connectivity index is 1.53. The first kappa shape index (κ1) is 18.6. The average Bonchev–Trinajstić information content (AvgIpc) is 3.00. The van der Waals surface area contributed by atoms with Crippen molar-refractivity contribution in [3.05, 3.63) is 66.2 Å². The van der Waals surface area contributed by atoms with Crippen LogP contribution in [0.25, 0.3) is 11.0 Å². The molecule has 1 aromatic heterocycles. The fraction of sp³-hybridized carbons (Fsp3) is 0.300. The van der Waals surface area contributed by atoms with Crippen LogP contribution in [0.3, 0.4) is 0 Å². The average molecular weight is 401 g/mol. The number of hydrogen-bond acceptors (Lipinski definition) is 4. The van der Waals surface area contributed by atoms with Gasteiger partial charge in [-0.1, -0.05) is 30.3 Å². The van der Waals surface area contributed by atoms with Crippen molar-refractivity contribution in [1.82, 2.24) is 14.5 Å². The minimum atomic E-state index is -3.55. The Morgan fingerprint density at radius 3 is 2.68 bits per heavy atom. The molecule has 8 heteroatoms. The number of nitrogens with zero attached hydrogens (tertiary/aromatic N) is 3. The van der Waals surface area contributed by atoms with Crippen molar-refractivity contribution in [2.24, 2.45) is 0 Å². The third kappa shape index (κ3) is 3.52. The highest BCUT2D eigenvalue weighted by Gasteiger charge is 2.34. The van der Waals surface area contributed by atoms with E-state index in [1.807, 2.05) is 24.3 Å². The Morgan fingerprint density at radius 2 is 1.86 bits per heavy atom. The van der Waals surface area contributed by atoms with Crippen molar-refractivity contribution in [2.75, 3.05) is 18.8 Å². The summed E-state index contributed by atoms with van der Waals surface area (Å²) in [5.41, 5.74) is 1.83. The van der Waals surface area contributed by atoms with Gasteiger partial charge in [-0.3, -0.25) is 4.79 Å². The maximum absolute atomic E-state index is 14.2. The van der Waals surface area contributed by atoms with Crippen LogP contribution in [0.2, 0.25) is 0 Å². The first-order valence-electron chi connectivity index (χ1n) is 9.09. The lowest BCUT2D eigenvalue weighted by molar-refractivity contribution is -0.131. The molecule has 0 N–H and O–H groups in total. The van der Waals surface area contributed by atoms with Gasteiger partial charge >= 0.3 is 0 Å². The Hall–Kier alpha value is -2.74. The van der Waals surface area contributed by atoms with E-state index in [1.54, 1.807) is 21.9 Å². The highest BCUT2D eigenvalue weighted by molar-refractivity contribution is 7.91. The van der Waals surface area contributed by atoms with Gasteiger partial charge in [-0.2, -0.15) is 0 Å². The molecule has 1 atom stereocenters. The minimum absolute atomic E-state index is 0.0882. The Morgan fingerprint density at radius 1 is 1.11 bits per heavy atom. The van der Waals surface area contributed by atoms with Crippen molar-refractivity contribution in [3.8, 4) is 0 Å². The van der Waals surface area contributed by atoms with E-state index >= 15 is 0 Å². The van der Waals surface area contributed by atoms with E-state index in [-0.39, 0.29) is 43.3 Å². The number of sulfone groups is 1. The van der Waals surface area contributed by atoms with E-state index in [4.69, 9.17) is 0 Å². The predicted molar refractivity (Wildman–Crippen MR) is 104 cm³/mol. The number of benzene rings is 2. The van der Waals surface area contributed by atoms with E-state index in [1.165, 1.54) is 18.2 Å². The molecule has 1 unspecified atom stereocenters. The number of fused-ring (bicyclic) bond motifs is 1. The van der Waals surface area contributed by atoms with Crippen LogP contribution in [0.4, 0.5) is 4.39 Å². The molecule has 146 valence electrons. The zero-order valence-electron chi connectivity index (χ0n) is 15.2. The molecule has 1 aliphatic rings. The molecule has 1 saturated heterocycles. The molecule has 1 aliphatic heterocycles. The largest absolute Gasteiger partial charge is 0.340 e. The molecule has 0 aliphatic carbocycles. The quantitative estimate of drug-likeness (QED) is 0.676. The molecule has 0 spiro atoms. The van der Waals surface area contributed by atoms with Crippen molar-refractivity contribution in [2.45, 2.75) is 18.2 Å². The summed E-state index contributed by atoms with van der Waals surface area (Å²) < 4.78 is 41.3. The summed E-state index contributed by atoms with van der Waals surface area (Å²) in [6.45, 7) is 0.466. The van der Waals surface area contributed by atoms with Gasteiger partial charge in [0.25, 0.3) is 0 Å². The van der Waals surface area contributed by atoms with Crippen molar-refractivity contribution in [3.63, 3.8) is 0 Å². The second-order valence-electron chi connectivity index (χ2n) is 6.91. The predicted octanol–water partition coefficient (Wildman–Crippen LogP) is 2.56. The monoisotopic (exact) mass is 401 g/mol. The zero-order valence-corrected chi connectivity index (χ0v) is 16.0. The summed E-state index contributed by atoms with van der Waals surface area (Å²) in [6.07, 6.45) is 1.79. The van der Waals surface area contributed by atoms with Gasteiger partial charge in [0.2, 0.25) is 5.91 Å². The SMILES string of the molecule is O=C(Cn1cnc2ccccc21)N1CCC(c2ccccc2F)S(=O)(=O)CC1. The number of amides is 1. The molecule has 0 saturated carbocycles. The van der Waals surface area contributed by atoms with Crippen molar-refractivity contribution < 1.29 is 17.6 Å². The molecular weight excluding hydrogens is 381 g/mol. The fourth-order valence-corrected chi connectivity index (χ4v) is 5.46. The normalized spacial score (nSPS) is 19.5. The van der Waals surface area contributed by atoms with Gasteiger partial charge in [-0.05, 0) is 24.6 Å². The van der Waals surface area contributed by atoms with Gasteiger partial charge < -0.3 is 9.47 Å². The molecule has 2 heterocycles. The Kier molecular flexibility index (Phi) is 4.89. The molecule has 2 aromatic carbocycles. The number of carbonyl (C=O) groups is 1. The standard InChI is InChI=1S/C20H20FN3O3S/c21-16-6-2-1-5-15(16)19-9-10-23(11-12-28(19,26)27)20(25)13-24-14-22-17-7-3-4-8-18(17)24/h1-8,14,19H,9-13H2. The molecule has 4 rings (SSSR count). The highest BCUT2D eigenvalue weighted by Crippen LogP contribution is 2.31. The van der Waals surface area contributed by atoms with Gasteiger partial charge in [0.05, 0.1) is 28.4 Å². The van der Waals surface area contributed by atoms with E-state index in [0.29, 0.717) is 0 Å². The fourth-order valence-electron chi connectivity index (χ4n) is 3.66. The third-order valence-corrected chi connectivity index (χ3v) is 7.29. The van der Waals surface area contributed by atoms with E-state index in [0.717, 1.165) is 11.0 Å². The molecular formula is C20H20FN3O3S. The summed E-state index contributed by atoms with van der Waals surface area (Å²) in [6, 6.07) is 13.5. The molecule has 0 radical (unpaired) electrons. The molecule has 6 nitrogen and oxygen atoms in total. The Labute approximate surface area is 162 Å². The van der Waals surface area contributed by atoms with Gasteiger partial charge in [0.15, 0.2) is 9.84 Å². The summed E-state index contributed by atoms with van der Waals surface area (Å²) in [5, 5.41) is -0.930. The van der Waals surface area contributed by atoms with Crippen molar-refractivity contribution >= 4 is 26.8 Å². The van der Waals surface area contributed by atoms with Crippen LogP contribution >= 0.6 is 0 Å². The highest BCUT2D eigenvalue weighted by atomic mass is 32.2. The second-order valence-corrected chi connectivity index (χ2v) is 9.21. The summed E-state index contributed by atoms with van der Waals surface area (Å²) >= 11 is 0. The summed E-state index contributed by atoms with van der Waals surface area (Å²) in [5.74, 6) is -0.879. The number of aromatic nitrogens is 2. The summed E-state index contributed by atoms with van der Waals surface area (Å²) in [7, 11) is -3.55. The van der Waals surface area contributed by atoms with Crippen LogP contribution in [0.15, 0.2) is 54.9 Å². The number of carbonyl (C=O) groups excluding carboxylic acids is 1.